The van der Waals surface area contributed by atoms with Gasteiger partial charge < -0.3 is 15.4 Å². The highest BCUT2D eigenvalue weighted by molar-refractivity contribution is 5.96. The summed E-state index contributed by atoms with van der Waals surface area (Å²) in [5.74, 6) is 2.21. The van der Waals surface area contributed by atoms with Gasteiger partial charge in [0.2, 0.25) is 5.88 Å². The van der Waals surface area contributed by atoms with Crippen LogP contribution in [0.25, 0.3) is 10.9 Å². The van der Waals surface area contributed by atoms with Gasteiger partial charge in [0.25, 0.3) is 5.91 Å². The van der Waals surface area contributed by atoms with Crippen LogP contribution in [-0.2, 0) is 0 Å². The lowest BCUT2D eigenvalue weighted by molar-refractivity contribution is 0.0940. The largest absolute Gasteiger partial charge is 0.438 e. The Morgan fingerprint density at radius 2 is 1.66 bits per heavy atom. The molecule has 0 radical (unpaired) electrons. The van der Waals surface area contributed by atoms with Crippen molar-refractivity contribution in [3.8, 4) is 11.6 Å². The predicted octanol–water partition coefficient (Wildman–Crippen LogP) is 6.24. The van der Waals surface area contributed by atoms with Gasteiger partial charge in [0, 0.05) is 24.2 Å². The summed E-state index contributed by atoms with van der Waals surface area (Å²) in [7, 11) is 0. The predicted molar refractivity (Wildman–Crippen MR) is 141 cm³/mol. The Morgan fingerprint density at radius 1 is 0.886 bits per heavy atom. The Balaban J connectivity index is 0.00000289. The molecule has 0 atom stereocenters. The number of anilines is 1. The van der Waals surface area contributed by atoms with Crippen LogP contribution in [0.3, 0.4) is 0 Å². The van der Waals surface area contributed by atoms with Crippen molar-refractivity contribution in [3.63, 3.8) is 0 Å². The zero-order valence-electron chi connectivity index (χ0n) is 19.4. The molecule has 7 heteroatoms. The van der Waals surface area contributed by atoms with Gasteiger partial charge in [0.1, 0.15) is 17.1 Å². The first kappa shape index (κ1) is 24.5. The van der Waals surface area contributed by atoms with Crippen LogP contribution in [-0.4, -0.2) is 28.5 Å². The Labute approximate surface area is 211 Å². The highest BCUT2D eigenvalue weighted by Gasteiger charge is 2.23. The molecule has 6 nitrogen and oxygen atoms in total. The number of carbonyl (C=O) groups is 1. The van der Waals surface area contributed by atoms with E-state index in [4.69, 9.17) is 9.72 Å². The number of hydrogen-bond acceptors (Lipinski definition) is 5. The van der Waals surface area contributed by atoms with Crippen molar-refractivity contribution in [1.82, 2.24) is 15.3 Å². The summed E-state index contributed by atoms with van der Waals surface area (Å²) in [6.45, 7) is 0.652. The van der Waals surface area contributed by atoms with E-state index in [9.17, 15) is 4.79 Å². The number of fused-ring (bicyclic) bond motifs is 1. The van der Waals surface area contributed by atoms with Crippen molar-refractivity contribution < 1.29 is 9.53 Å². The second kappa shape index (κ2) is 11.7. The molecule has 1 saturated carbocycles. The standard InChI is InChI=1S/C28H28N4O2.ClH/c33-27(24-10-6-18-29-28(24)34-23-8-2-1-3-9-23)30-19-20-12-15-22(16-13-20)31-26-17-14-21-7-4-5-11-25(21)32-26;/h1-11,14,17-18,20,22H,12-13,15-16,19H2,(H,30,33)(H,31,32);1H. The maximum atomic E-state index is 12.9. The highest BCUT2D eigenvalue weighted by atomic mass is 35.5. The van der Waals surface area contributed by atoms with E-state index in [0.29, 0.717) is 35.7 Å². The molecule has 0 aliphatic heterocycles. The first-order valence-electron chi connectivity index (χ1n) is 11.8. The van der Waals surface area contributed by atoms with Crippen LogP contribution in [0.5, 0.6) is 11.6 Å². The van der Waals surface area contributed by atoms with Gasteiger partial charge in [0.15, 0.2) is 0 Å². The molecule has 0 saturated heterocycles. The van der Waals surface area contributed by atoms with E-state index in [2.05, 4.69) is 33.8 Å². The van der Waals surface area contributed by atoms with Gasteiger partial charge >= 0.3 is 0 Å². The van der Waals surface area contributed by atoms with Crippen molar-refractivity contribution in [2.24, 2.45) is 5.92 Å². The van der Waals surface area contributed by atoms with Crippen LogP contribution in [0.4, 0.5) is 5.82 Å². The third kappa shape index (κ3) is 6.28. The summed E-state index contributed by atoms with van der Waals surface area (Å²) < 4.78 is 5.83. The number of rotatable bonds is 7. The molecule has 2 aromatic heterocycles. The van der Waals surface area contributed by atoms with E-state index in [1.165, 1.54) is 0 Å². The van der Waals surface area contributed by atoms with Crippen molar-refractivity contribution >= 4 is 35.0 Å². The first-order valence-corrected chi connectivity index (χ1v) is 11.8. The van der Waals surface area contributed by atoms with E-state index in [0.717, 1.165) is 42.4 Å². The molecule has 0 unspecified atom stereocenters. The number of nitrogens with zero attached hydrogens (tertiary/aromatic N) is 2. The molecule has 5 rings (SSSR count). The molecule has 4 aromatic rings. The van der Waals surface area contributed by atoms with Crippen LogP contribution >= 0.6 is 12.4 Å². The number of halogens is 1. The van der Waals surface area contributed by atoms with Gasteiger partial charge in [0.05, 0.1) is 5.52 Å². The highest BCUT2D eigenvalue weighted by Crippen LogP contribution is 2.27. The average molecular weight is 489 g/mol. The number of amides is 1. The van der Waals surface area contributed by atoms with E-state index in [1.807, 2.05) is 48.5 Å². The van der Waals surface area contributed by atoms with Crippen LogP contribution in [0.2, 0.25) is 0 Å². The fourth-order valence-electron chi connectivity index (χ4n) is 4.44. The summed E-state index contributed by atoms with van der Waals surface area (Å²) in [5, 5.41) is 7.83. The molecule has 1 aliphatic carbocycles. The monoisotopic (exact) mass is 488 g/mol. The molecular weight excluding hydrogens is 460 g/mol. The first-order chi connectivity index (χ1) is 16.7. The number of nitrogens with one attached hydrogen (secondary N) is 2. The molecule has 0 spiro atoms. The molecule has 2 heterocycles. The lowest BCUT2D eigenvalue weighted by atomic mass is 9.86. The molecule has 1 fully saturated rings. The van der Waals surface area contributed by atoms with Crippen molar-refractivity contribution in [3.05, 3.63) is 90.6 Å². The van der Waals surface area contributed by atoms with Crippen molar-refractivity contribution in [1.29, 1.82) is 0 Å². The minimum Gasteiger partial charge on any atom is -0.438 e. The number of ether oxygens (including phenoxy) is 1. The molecule has 2 aromatic carbocycles. The molecular formula is C28H29ClN4O2. The third-order valence-electron chi connectivity index (χ3n) is 6.32. The summed E-state index contributed by atoms with van der Waals surface area (Å²) >= 11 is 0. The van der Waals surface area contributed by atoms with Gasteiger partial charge in [-0.15, -0.1) is 12.4 Å². The fraction of sp³-hybridized carbons (Fsp3) is 0.250. The second-order valence-corrected chi connectivity index (χ2v) is 8.73. The Bertz CT molecular complexity index is 1260. The quantitative estimate of drug-likeness (QED) is 0.322. The number of benzene rings is 2. The van der Waals surface area contributed by atoms with Gasteiger partial charge in [-0.3, -0.25) is 4.79 Å². The summed E-state index contributed by atoms with van der Waals surface area (Å²) in [6, 6.07) is 25.6. The second-order valence-electron chi connectivity index (χ2n) is 8.73. The van der Waals surface area contributed by atoms with E-state index in [1.54, 1.807) is 18.3 Å². The van der Waals surface area contributed by atoms with Crippen molar-refractivity contribution in [2.45, 2.75) is 31.7 Å². The minimum atomic E-state index is -0.153. The van der Waals surface area contributed by atoms with Crippen LogP contribution in [0.1, 0.15) is 36.0 Å². The molecule has 2 N–H and O–H groups in total. The number of aromatic nitrogens is 2. The third-order valence-corrected chi connectivity index (χ3v) is 6.32. The van der Waals surface area contributed by atoms with Crippen LogP contribution in [0.15, 0.2) is 85.1 Å². The zero-order valence-corrected chi connectivity index (χ0v) is 20.2. The summed E-state index contributed by atoms with van der Waals surface area (Å²) in [5.41, 5.74) is 1.46. The fourth-order valence-corrected chi connectivity index (χ4v) is 4.44. The number of pyridine rings is 2. The van der Waals surface area contributed by atoms with Gasteiger partial charge in [-0.25, -0.2) is 9.97 Å². The normalized spacial score (nSPS) is 17.3. The Morgan fingerprint density at radius 3 is 2.49 bits per heavy atom. The van der Waals surface area contributed by atoms with Gasteiger partial charge in [-0.05, 0) is 74.1 Å². The molecule has 35 heavy (non-hydrogen) atoms. The number of para-hydroxylation sites is 2. The topological polar surface area (TPSA) is 76.1 Å². The van der Waals surface area contributed by atoms with E-state index < -0.39 is 0 Å². The maximum Gasteiger partial charge on any atom is 0.256 e. The zero-order chi connectivity index (χ0) is 23.2. The summed E-state index contributed by atoms with van der Waals surface area (Å²) in [4.78, 5) is 21.9. The van der Waals surface area contributed by atoms with Gasteiger partial charge in [-0.1, -0.05) is 36.4 Å². The Kier molecular flexibility index (Phi) is 8.16. The molecule has 0 bridgehead atoms. The number of hydrogen-bond donors (Lipinski definition) is 2. The number of carbonyl (C=O) groups excluding carboxylic acids is 1. The molecule has 1 amide bonds. The molecule has 180 valence electrons. The maximum absolute atomic E-state index is 12.9. The average Bonchev–Trinajstić information content (AvgIpc) is 2.89. The Hall–Kier alpha value is -3.64. The minimum absolute atomic E-state index is 0. The summed E-state index contributed by atoms with van der Waals surface area (Å²) in [6.07, 6.45) is 5.88. The van der Waals surface area contributed by atoms with Gasteiger partial charge in [-0.2, -0.15) is 0 Å². The smallest absolute Gasteiger partial charge is 0.256 e. The molecule has 1 aliphatic rings. The van der Waals surface area contributed by atoms with Crippen LogP contribution in [0, 0.1) is 5.92 Å². The lowest BCUT2D eigenvalue weighted by Gasteiger charge is -2.29. The lowest BCUT2D eigenvalue weighted by Crippen LogP contribution is -2.34. The van der Waals surface area contributed by atoms with E-state index >= 15 is 0 Å². The van der Waals surface area contributed by atoms with Crippen LogP contribution < -0.4 is 15.4 Å². The SMILES string of the molecule is Cl.O=C(NCC1CCC(Nc2ccc3ccccc3n2)CC1)c1cccnc1Oc1ccccc1. The van der Waals surface area contributed by atoms with Crippen molar-refractivity contribution in [2.75, 3.05) is 11.9 Å². The van der Waals surface area contributed by atoms with E-state index in [-0.39, 0.29) is 18.3 Å².